The smallest absolute Gasteiger partial charge is 0.165 e. The van der Waals surface area contributed by atoms with Crippen molar-refractivity contribution < 1.29 is 5.11 Å². The molecule has 0 unspecified atom stereocenters. The molecule has 2 aromatic heterocycles. The summed E-state index contributed by atoms with van der Waals surface area (Å²) in [5.74, 6) is 1.28. The second-order valence-electron chi connectivity index (χ2n) is 5.78. The molecule has 128 valence electrons. The summed E-state index contributed by atoms with van der Waals surface area (Å²) in [4.78, 5) is 12.8. The fourth-order valence-electron chi connectivity index (χ4n) is 2.41. The van der Waals surface area contributed by atoms with Gasteiger partial charge in [-0.1, -0.05) is 13.0 Å². The Balaban J connectivity index is 1.91. The molecule has 3 aromatic rings. The highest BCUT2D eigenvalue weighted by atomic mass is 16.3. The highest BCUT2D eigenvalue weighted by molar-refractivity contribution is 5.74. The van der Waals surface area contributed by atoms with Crippen LogP contribution in [0.2, 0.25) is 0 Å². The first-order valence-corrected chi connectivity index (χ1v) is 8.23. The largest absolute Gasteiger partial charge is 0.507 e. The fraction of sp³-hybridized carbons (Fsp3) is 0.211. The first-order chi connectivity index (χ1) is 12.2. The first kappa shape index (κ1) is 16.9. The van der Waals surface area contributed by atoms with Crippen LogP contribution < -0.4 is 11.1 Å². The zero-order chi connectivity index (χ0) is 17.6. The number of aromatic hydroxyl groups is 1. The summed E-state index contributed by atoms with van der Waals surface area (Å²) in [5.41, 5.74) is 8.49. The predicted octanol–water partition coefficient (Wildman–Crippen LogP) is 3.06. The zero-order valence-corrected chi connectivity index (χ0v) is 14.1. The molecule has 0 aliphatic heterocycles. The van der Waals surface area contributed by atoms with Crippen molar-refractivity contribution in [3.63, 3.8) is 0 Å². The van der Waals surface area contributed by atoms with Gasteiger partial charge in [-0.3, -0.25) is 4.98 Å². The SMILES string of the molecule is CC[C@H](N)CNc1ccnc(-c2cc(-c3ccncc3)ccc2O)n1. The predicted molar refractivity (Wildman–Crippen MR) is 99.1 cm³/mol. The number of rotatable bonds is 6. The third kappa shape index (κ3) is 4.10. The summed E-state index contributed by atoms with van der Waals surface area (Å²) >= 11 is 0. The normalized spacial score (nSPS) is 11.9. The second-order valence-corrected chi connectivity index (χ2v) is 5.78. The number of nitrogens with one attached hydrogen (secondary N) is 1. The molecule has 4 N–H and O–H groups in total. The van der Waals surface area contributed by atoms with Gasteiger partial charge in [-0.2, -0.15) is 0 Å². The van der Waals surface area contributed by atoms with Crippen LogP contribution in [0.1, 0.15) is 13.3 Å². The van der Waals surface area contributed by atoms with E-state index < -0.39 is 0 Å². The molecule has 0 radical (unpaired) electrons. The van der Waals surface area contributed by atoms with Gasteiger partial charge in [-0.25, -0.2) is 9.97 Å². The summed E-state index contributed by atoms with van der Waals surface area (Å²) < 4.78 is 0. The molecular formula is C19H21N5O. The average molecular weight is 335 g/mol. The van der Waals surface area contributed by atoms with Crippen molar-refractivity contribution in [3.05, 3.63) is 55.0 Å². The van der Waals surface area contributed by atoms with Gasteiger partial charge < -0.3 is 16.2 Å². The van der Waals surface area contributed by atoms with Crippen molar-refractivity contribution in [1.29, 1.82) is 0 Å². The molecule has 0 amide bonds. The van der Waals surface area contributed by atoms with Crippen LogP contribution in [-0.2, 0) is 0 Å². The van der Waals surface area contributed by atoms with Crippen LogP contribution >= 0.6 is 0 Å². The van der Waals surface area contributed by atoms with E-state index in [1.807, 2.05) is 31.2 Å². The number of hydrogen-bond acceptors (Lipinski definition) is 6. The number of nitrogens with two attached hydrogens (primary N) is 1. The fourth-order valence-corrected chi connectivity index (χ4v) is 2.41. The minimum Gasteiger partial charge on any atom is -0.507 e. The minimum atomic E-state index is 0.0711. The molecule has 1 atom stereocenters. The second kappa shape index (κ2) is 7.72. The minimum absolute atomic E-state index is 0.0711. The molecule has 0 saturated heterocycles. The average Bonchev–Trinajstić information content (AvgIpc) is 2.67. The lowest BCUT2D eigenvalue weighted by Crippen LogP contribution is -2.28. The van der Waals surface area contributed by atoms with Gasteiger partial charge in [-0.15, -0.1) is 0 Å². The lowest BCUT2D eigenvalue weighted by atomic mass is 10.0. The van der Waals surface area contributed by atoms with Gasteiger partial charge in [0.25, 0.3) is 0 Å². The Morgan fingerprint density at radius 3 is 2.64 bits per heavy atom. The lowest BCUT2D eigenvalue weighted by Gasteiger charge is -2.12. The summed E-state index contributed by atoms with van der Waals surface area (Å²) in [5, 5.41) is 13.5. The van der Waals surface area contributed by atoms with Crippen LogP contribution in [0, 0.1) is 0 Å². The third-order valence-corrected chi connectivity index (χ3v) is 3.98. The molecule has 0 aliphatic carbocycles. The number of phenols is 1. The number of phenolic OH excluding ortho intramolecular Hbond substituents is 1. The Kier molecular flexibility index (Phi) is 5.20. The van der Waals surface area contributed by atoms with Crippen LogP contribution in [-0.4, -0.2) is 32.6 Å². The maximum Gasteiger partial charge on any atom is 0.165 e. The standard InChI is InChI=1S/C19H21N5O/c1-2-15(20)12-23-18-7-10-22-19(24-18)16-11-14(3-4-17(16)25)13-5-8-21-9-6-13/h3-11,15,25H,2,12,20H2,1H3,(H,22,23,24)/t15-/m0/s1. The maximum absolute atomic E-state index is 10.2. The van der Waals surface area contributed by atoms with Crippen molar-refractivity contribution >= 4 is 5.82 Å². The van der Waals surface area contributed by atoms with Crippen LogP contribution in [0.15, 0.2) is 55.0 Å². The van der Waals surface area contributed by atoms with Crippen LogP contribution in [0.25, 0.3) is 22.5 Å². The highest BCUT2D eigenvalue weighted by Gasteiger charge is 2.11. The molecule has 1 aromatic carbocycles. The molecule has 0 saturated carbocycles. The number of anilines is 1. The van der Waals surface area contributed by atoms with Crippen molar-refractivity contribution in [3.8, 4) is 28.3 Å². The maximum atomic E-state index is 10.2. The molecule has 6 nitrogen and oxygen atoms in total. The third-order valence-electron chi connectivity index (χ3n) is 3.98. The van der Waals surface area contributed by atoms with E-state index in [1.165, 1.54) is 0 Å². The lowest BCUT2D eigenvalue weighted by molar-refractivity contribution is 0.477. The molecule has 0 bridgehead atoms. The van der Waals surface area contributed by atoms with E-state index in [0.29, 0.717) is 23.8 Å². The molecule has 25 heavy (non-hydrogen) atoms. The van der Waals surface area contributed by atoms with Gasteiger partial charge in [-0.05, 0) is 47.9 Å². The number of benzene rings is 1. The highest BCUT2D eigenvalue weighted by Crippen LogP contribution is 2.31. The summed E-state index contributed by atoms with van der Waals surface area (Å²) in [6.07, 6.45) is 6.03. The molecular weight excluding hydrogens is 314 g/mol. The van der Waals surface area contributed by atoms with E-state index in [4.69, 9.17) is 5.73 Å². The first-order valence-electron chi connectivity index (χ1n) is 8.23. The molecule has 2 heterocycles. The number of nitrogens with zero attached hydrogens (tertiary/aromatic N) is 3. The Morgan fingerprint density at radius 1 is 1.08 bits per heavy atom. The van der Waals surface area contributed by atoms with E-state index in [0.717, 1.165) is 17.5 Å². The number of aromatic nitrogens is 3. The number of pyridine rings is 1. The number of hydrogen-bond donors (Lipinski definition) is 3. The molecule has 3 rings (SSSR count). The van der Waals surface area contributed by atoms with E-state index in [9.17, 15) is 5.11 Å². The van der Waals surface area contributed by atoms with Crippen molar-refractivity contribution in [2.45, 2.75) is 19.4 Å². The van der Waals surface area contributed by atoms with Gasteiger partial charge >= 0.3 is 0 Å². The van der Waals surface area contributed by atoms with Crippen molar-refractivity contribution in [2.75, 3.05) is 11.9 Å². The van der Waals surface area contributed by atoms with Crippen molar-refractivity contribution in [2.24, 2.45) is 5.73 Å². The van der Waals surface area contributed by atoms with Gasteiger partial charge in [0.05, 0.1) is 5.56 Å². The quantitative estimate of drug-likeness (QED) is 0.640. The Bertz CT molecular complexity index is 838. The van der Waals surface area contributed by atoms with Gasteiger partial charge in [0.15, 0.2) is 5.82 Å². The molecule has 0 fully saturated rings. The Morgan fingerprint density at radius 2 is 1.88 bits per heavy atom. The monoisotopic (exact) mass is 335 g/mol. The van der Waals surface area contributed by atoms with Crippen molar-refractivity contribution in [1.82, 2.24) is 15.0 Å². The van der Waals surface area contributed by atoms with Gasteiger partial charge in [0.2, 0.25) is 0 Å². The Labute approximate surface area is 146 Å². The van der Waals surface area contributed by atoms with E-state index >= 15 is 0 Å². The van der Waals surface area contributed by atoms with Crippen LogP contribution in [0.5, 0.6) is 5.75 Å². The molecule has 0 aliphatic rings. The van der Waals surface area contributed by atoms with Gasteiger partial charge in [0.1, 0.15) is 11.6 Å². The van der Waals surface area contributed by atoms with E-state index in [1.54, 1.807) is 30.7 Å². The molecule has 6 heteroatoms. The topological polar surface area (TPSA) is 97.0 Å². The van der Waals surface area contributed by atoms with Crippen LogP contribution in [0.3, 0.4) is 0 Å². The zero-order valence-electron chi connectivity index (χ0n) is 14.1. The van der Waals surface area contributed by atoms with E-state index in [-0.39, 0.29) is 11.8 Å². The Hall–Kier alpha value is -2.99. The summed E-state index contributed by atoms with van der Waals surface area (Å²) in [6.45, 7) is 2.68. The van der Waals surface area contributed by atoms with Crippen LogP contribution in [0.4, 0.5) is 5.82 Å². The molecule has 0 spiro atoms. The summed E-state index contributed by atoms with van der Waals surface area (Å²) in [7, 11) is 0. The van der Waals surface area contributed by atoms with E-state index in [2.05, 4.69) is 20.3 Å². The van der Waals surface area contributed by atoms with Gasteiger partial charge in [0, 0.05) is 31.2 Å². The summed E-state index contributed by atoms with van der Waals surface area (Å²) in [6, 6.07) is 11.1.